The lowest BCUT2D eigenvalue weighted by molar-refractivity contribution is 0.0619. The summed E-state index contributed by atoms with van der Waals surface area (Å²) in [6, 6.07) is 10.8. The smallest absolute Gasteiger partial charge is 0.278 e. The van der Waals surface area contributed by atoms with Crippen molar-refractivity contribution in [1.82, 2.24) is 19.6 Å². The number of nitrogens with zero attached hydrogens (tertiary/aromatic N) is 4. The first-order chi connectivity index (χ1) is 14.0. The Morgan fingerprint density at radius 2 is 1.93 bits per heavy atom. The van der Waals surface area contributed by atoms with E-state index in [1.165, 1.54) is 11.6 Å². The van der Waals surface area contributed by atoms with E-state index in [1.807, 2.05) is 18.2 Å². The monoisotopic (exact) mass is 428 g/mol. The molecule has 1 aromatic carbocycles. The summed E-state index contributed by atoms with van der Waals surface area (Å²) in [5, 5.41) is 9.10. The van der Waals surface area contributed by atoms with E-state index in [4.69, 9.17) is 11.6 Å². The molecule has 1 saturated heterocycles. The van der Waals surface area contributed by atoms with Gasteiger partial charge in [0.1, 0.15) is 0 Å². The summed E-state index contributed by atoms with van der Waals surface area (Å²) in [6.07, 6.45) is 0. The van der Waals surface area contributed by atoms with Crippen LogP contribution >= 0.6 is 22.9 Å². The first-order valence-electron chi connectivity index (χ1n) is 9.41. The van der Waals surface area contributed by atoms with Crippen LogP contribution in [0.25, 0.3) is 5.69 Å². The van der Waals surface area contributed by atoms with Gasteiger partial charge in [-0.3, -0.25) is 14.5 Å². The van der Waals surface area contributed by atoms with Crippen molar-refractivity contribution >= 4 is 28.8 Å². The fraction of sp³-hybridized carbons (Fsp3) is 0.286. The molecule has 0 saturated carbocycles. The molecule has 1 aliphatic rings. The summed E-state index contributed by atoms with van der Waals surface area (Å²) in [7, 11) is 0. The maximum atomic E-state index is 13.0. The van der Waals surface area contributed by atoms with Gasteiger partial charge >= 0.3 is 0 Å². The van der Waals surface area contributed by atoms with E-state index in [0.717, 1.165) is 19.6 Å². The number of hydrogen-bond donors (Lipinski definition) is 0. The molecule has 1 amide bonds. The molecule has 0 unspecified atom stereocenters. The Hall–Kier alpha value is -2.48. The Morgan fingerprint density at radius 1 is 1.17 bits per heavy atom. The van der Waals surface area contributed by atoms with Gasteiger partial charge in [0.05, 0.1) is 10.7 Å². The molecule has 0 bridgehead atoms. The number of hydrogen-bond acceptors (Lipinski definition) is 5. The zero-order valence-corrected chi connectivity index (χ0v) is 17.6. The van der Waals surface area contributed by atoms with Gasteiger partial charge in [0.2, 0.25) is 5.43 Å². The third-order valence-corrected chi connectivity index (χ3v) is 6.09. The van der Waals surface area contributed by atoms with Crippen LogP contribution in [0.3, 0.4) is 0 Å². The standard InChI is InChI=1S/C21H21ClN4O2S/c1-15-12-19(27)20(23-26(15)18-5-3-2-4-17(18)22)21(28)25-9-7-24(8-10-25)13-16-6-11-29-14-16/h2-6,11-12,14H,7-10,13H2,1H3. The molecule has 4 rings (SSSR count). The lowest BCUT2D eigenvalue weighted by atomic mass is 10.2. The molecule has 3 heterocycles. The number of thiophene rings is 1. The normalized spacial score (nSPS) is 14.9. The minimum atomic E-state index is -0.364. The fourth-order valence-electron chi connectivity index (χ4n) is 3.46. The molecule has 0 atom stereocenters. The van der Waals surface area contributed by atoms with Gasteiger partial charge in [-0.05, 0) is 41.4 Å². The van der Waals surface area contributed by atoms with Crippen LogP contribution < -0.4 is 5.43 Å². The van der Waals surface area contributed by atoms with Crippen molar-refractivity contribution < 1.29 is 4.79 Å². The van der Waals surface area contributed by atoms with E-state index >= 15 is 0 Å². The number of amides is 1. The van der Waals surface area contributed by atoms with Crippen LogP contribution in [0.4, 0.5) is 0 Å². The topological polar surface area (TPSA) is 58.4 Å². The number of aryl methyl sites for hydroxylation is 1. The maximum Gasteiger partial charge on any atom is 0.278 e. The lowest BCUT2D eigenvalue weighted by Crippen LogP contribution is -2.49. The highest BCUT2D eigenvalue weighted by molar-refractivity contribution is 7.07. The number of benzene rings is 1. The minimum absolute atomic E-state index is 0.0678. The van der Waals surface area contributed by atoms with E-state index in [9.17, 15) is 9.59 Å². The van der Waals surface area contributed by atoms with E-state index < -0.39 is 0 Å². The quantitative estimate of drug-likeness (QED) is 0.640. The highest BCUT2D eigenvalue weighted by Crippen LogP contribution is 2.20. The van der Waals surface area contributed by atoms with Crippen LogP contribution in [0.1, 0.15) is 21.7 Å². The fourth-order valence-corrected chi connectivity index (χ4v) is 4.34. The van der Waals surface area contributed by atoms with E-state index in [-0.39, 0.29) is 17.0 Å². The summed E-state index contributed by atoms with van der Waals surface area (Å²) >= 11 is 7.97. The molecule has 0 N–H and O–H groups in total. The van der Waals surface area contributed by atoms with Crippen molar-refractivity contribution in [2.24, 2.45) is 0 Å². The van der Waals surface area contributed by atoms with Crippen molar-refractivity contribution in [3.05, 3.63) is 79.4 Å². The largest absolute Gasteiger partial charge is 0.335 e. The molecule has 8 heteroatoms. The van der Waals surface area contributed by atoms with Crippen molar-refractivity contribution in [3.63, 3.8) is 0 Å². The summed E-state index contributed by atoms with van der Waals surface area (Å²) in [5.74, 6) is -0.328. The predicted octanol–water partition coefficient (Wildman–Crippen LogP) is 3.21. The van der Waals surface area contributed by atoms with E-state index in [0.29, 0.717) is 29.5 Å². The Labute approximate surface area is 177 Å². The SMILES string of the molecule is Cc1cc(=O)c(C(=O)N2CCN(Cc3ccsc3)CC2)nn1-c1ccccc1Cl. The second kappa shape index (κ2) is 8.49. The van der Waals surface area contributed by atoms with E-state index in [2.05, 4.69) is 26.8 Å². The Morgan fingerprint density at radius 3 is 2.62 bits per heavy atom. The molecule has 0 radical (unpaired) electrons. The number of rotatable bonds is 4. The zero-order chi connectivity index (χ0) is 20.4. The van der Waals surface area contributed by atoms with Crippen LogP contribution in [0, 0.1) is 6.92 Å². The molecule has 1 aliphatic heterocycles. The number of para-hydroxylation sites is 1. The van der Waals surface area contributed by atoms with Crippen molar-refractivity contribution in [1.29, 1.82) is 0 Å². The van der Waals surface area contributed by atoms with Crippen LogP contribution in [-0.4, -0.2) is 51.7 Å². The predicted molar refractivity (Wildman–Crippen MR) is 115 cm³/mol. The first kappa shape index (κ1) is 19.8. The highest BCUT2D eigenvalue weighted by Gasteiger charge is 2.26. The van der Waals surface area contributed by atoms with Crippen LogP contribution in [0.2, 0.25) is 5.02 Å². The average Bonchev–Trinajstić information content (AvgIpc) is 3.22. The van der Waals surface area contributed by atoms with Crippen LogP contribution in [-0.2, 0) is 6.54 Å². The zero-order valence-electron chi connectivity index (χ0n) is 16.0. The average molecular weight is 429 g/mol. The first-order valence-corrected chi connectivity index (χ1v) is 10.7. The number of piperazine rings is 1. The van der Waals surface area contributed by atoms with Gasteiger partial charge in [-0.15, -0.1) is 0 Å². The van der Waals surface area contributed by atoms with Gasteiger partial charge in [0.25, 0.3) is 5.91 Å². The molecule has 150 valence electrons. The number of carbonyl (C=O) groups is 1. The van der Waals surface area contributed by atoms with Gasteiger partial charge in [-0.1, -0.05) is 23.7 Å². The Balaban J connectivity index is 1.53. The second-order valence-corrected chi connectivity index (χ2v) is 8.25. The Bertz CT molecular complexity index is 1070. The van der Waals surface area contributed by atoms with Crippen molar-refractivity contribution in [2.45, 2.75) is 13.5 Å². The third-order valence-electron chi connectivity index (χ3n) is 5.04. The highest BCUT2D eigenvalue weighted by atomic mass is 35.5. The van der Waals surface area contributed by atoms with Crippen LogP contribution in [0.5, 0.6) is 0 Å². The molecule has 6 nitrogen and oxygen atoms in total. The maximum absolute atomic E-state index is 13.0. The summed E-state index contributed by atoms with van der Waals surface area (Å²) in [4.78, 5) is 29.6. The van der Waals surface area contributed by atoms with Crippen molar-refractivity contribution in [3.8, 4) is 5.69 Å². The third kappa shape index (κ3) is 4.27. The summed E-state index contributed by atoms with van der Waals surface area (Å²) < 4.78 is 1.56. The second-order valence-electron chi connectivity index (χ2n) is 7.06. The van der Waals surface area contributed by atoms with Gasteiger partial charge in [-0.25, -0.2) is 4.68 Å². The van der Waals surface area contributed by atoms with Gasteiger partial charge < -0.3 is 4.90 Å². The molecule has 0 aliphatic carbocycles. The van der Waals surface area contributed by atoms with E-state index in [1.54, 1.807) is 33.9 Å². The number of aromatic nitrogens is 2. The molecular formula is C21H21ClN4O2S. The number of carbonyl (C=O) groups excluding carboxylic acids is 1. The minimum Gasteiger partial charge on any atom is -0.335 e. The molecule has 29 heavy (non-hydrogen) atoms. The number of halogens is 1. The van der Waals surface area contributed by atoms with Crippen LogP contribution in [0.15, 0.2) is 52.0 Å². The van der Waals surface area contributed by atoms with Gasteiger partial charge in [-0.2, -0.15) is 16.4 Å². The molecular weight excluding hydrogens is 408 g/mol. The van der Waals surface area contributed by atoms with Crippen molar-refractivity contribution in [2.75, 3.05) is 26.2 Å². The Kier molecular flexibility index (Phi) is 5.80. The van der Waals surface area contributed by atoms with Gasteiger partial charge in [0.15, 0.2) is 5.69 Å². The summed E-state index contributed by atoms with van der Waals surface area (Å²) in [5.41, 5.74) is 2.12. The molecule has 1 fully saturated rings. The molecule has 3 aromatic rings. The van der Waals surface area contributed by atoms with Gasteiger partial charge in [0, 0.05) is 44.5 Å². The summed E-state index contributed by atoms with van der Waals surface area (Å²) in [6.45, 7) is 5.34. The molecule has 0 spiro atoms. The lowest BCUT2D eigenvalue weighted by Gasteiger charge is -2.34. The molecule has 2 aromatic heterocycles.